The number of hydrogen-bond donors (Lipinski definition) is 1. The Balaban J connectivity index is 2.24. The van der Waals surface area contributed by atoms with Gasteiger partial charge in [-0.15, -0.1) is 0 Å². The number of hydrogen-bond acceptors (Lipinski definition) is 4. The van der Waals surface area contributed by atoms with Crippen molar-refractivity contribution in [1.29, 1.82) is 0 Å². The quantitative estimate of drug-likeness (QED) is 0.684. The minimum atomic E-state index is -3.42. The molecule has 7 heteroatoms. The fourth-order valence-corrected chi connectivity index (χ4v) is 3.47. The molecule has 18 heavy (non-hydrogen) atoms. The molecular weight excluding hydrogens is 251 g/mol. The van der Waals surface area contributed by atoms with E-state index in [1.165, 1.54) is 10.4 Å². The maximum absolute atomic E-state index is 12.4. The van der Waals surface area contributed by atoms with Crippen LogP contribution in [0.2, 0.25) is 0 Å². The average Bonchev–Trinajstić information content (AvgIpc) is 2.39. The Morgan fingerprint density at radius 1 is 1.22 bits per heavy atom. The molecule has 0 amide bonds. The van der Waals surface area contributed by atoms with Gasteiger partial charge in [-0.05, 0) is 19.2 Å². The highest BCUT2D eigenvalue weighted by atomic mass is 32.2. The van der Waals surface area contributed by atoms with Crippen molar-refractivity contribution in [2.75, 3.05) is 33.2 Å². The van der Waals surface area contributed by atoms with Crippen molar-refractivity contribution < 1.29 is 13.4 Å². The second kappa shape index (κ2) is 5.40. The number of nitrogens with zero attached hydrogens (tertiary/aromatic N) is 2. The summed E-state index contributed by atoms with van der Waals surface area (Å²) in [6.45, 7) is 2.53. The van der Waals surface area contributed by atoms with E-state index in [0.717, 1.165) is 13.1 Å². The summed E-state index contributed by atoms with van der Waals surface area (Å²) in [6, 6.07) is 6.48. The molecule has 0 unspecified atom stereocenters. The topological polar surface area (TPSA) is 60.9 Å². The normalized spacial score (nSPS) is 18.8. The van der Waals surface area contributed by atoms with Crippen LogP contribution in [0.15, 0.2) is 29.2 Å². The second-order valence-corrected chi connectivity index (χ2v) is 6.45. The van der Waals surface area contributed by atoms with Gasteiger partial charge in [0.15, 0.2) is 0 Å². The van der Waals surface area contributed by atoms with Crippen molar-refractivity contribution in [3.05, 3.63) is 24.3 Å². The van der Waals surface area contributed by atoms with Gasteiger partial charge in [-0.3, -0.25) is 0 Å². The minimum absolute atomic E-state index is 0.147. The van der Waals surface area contributed by atoms with Crippen molar-refractivity contribution in [3.63, 3.8) is 0 Å². The zero-order valence-electron chi connectivity index (χ0n) is 10.4. The lowest BCUT2D eigenvalue weighted by atomic mass is 9.89. The van der Waals surface area contributed by atoms with Gasteiger partial charge in [-0.1, -0.05) is 17.6 Å². The molecule has 1 aliphatic rings. The van der Waals surface area contributed by atoms with Gasteiger partial charge in [0, 0.05) is 26.2 Å². The summed E-state index contributed by atoms with van der Waals surface area (Å²) >= 11 is 0. The smallest absolute Gasteiger partial charge is 0.304 e. The first kappa shape index (κ1) is 13.5. The van der Waals surface area contributed by atoms with Crippen LogP contribution in [0.3, 0.4) is 0 Å². The molecule has 0 spiro atoms. The molecule has 1 fully saturated rings. The van der Waals surface area contributed by atoms with Crippen LogP contribution in [0.25, 0.3) is 0 Å². The Bertz CT molecular complexity index is 513. The number of piperazine rings is 1. The van der Waals surface area contributed by atoms with Crippen LogP contribution < -0.4 is 5.46 Å². The molecule has 1 aliphatic heterocycles. The molecule has 2 rings (SSSR count). The fraction of sp³-hybridized carbons (Fsp3) is 0.455. The van der Waals surface area contributed by atoms with Crippen molar-refractivity contribution in [3.8, 4) is 0 Å². The van der Waals surface area contributed by atoms with Crippen molar-refractivity contribution in [1.82, 2.24) is 9.21 Å². The largest absolute Gasteiger partial charge is 0.449 e. The predicted molar refractivity (Wildman–Crippen MR) is 71.7 cm³/mol. The molecule has 1 aromatic rings. The van der Waals surface area contributed by atoms with Crippen LogP contribution in [0.5, 0.6) is 0 Å². The third-order valence-electron chi connectivity index (χ3n) is 3.18. The summed E-state index contributed by atoms with van der Waals surface area (Å²) in [4.78, 5) is 2.37. The van der Waals surface area contributed by atoms with E-state index in [1.807, 2.05) is 7.05 Å². The summed E-state index contributed by atoms with van der Waals surface area (Å²) in [6.07, 6.45) is 0. The molecule has 1 N–H and O–H groups in total. The van der Waals surface area contributed by atoms with Crippen LogP contribution in [0.4, 0.5) is 0 Å². The van der Waals surface area contributed by atoms with Gasteiger partial charge in [0.2, 0.25) is 10.0 Å². The lowest BCUT2D eigenvalue weighted by molar-refractivity contribution is 0.222. The fourth-order valence-electron chi connectivity index (χ4n) is 1.98. The Kier molecular flexibility index (Phi) is 4.06. The monoisotopic (exact) mass is 268 g/mol. The first-order valence-corrected chi connectivity index (χ1v) is 7.36. The molecule has 5 nitrogen and oxygen atoms in total. The summed E-state index contributed by atoms with van der Waals surface area (Å²) in [5.74, 6) is 0. The lowest BCUT2D eigenvalue weighted by Crippen LogP contribution is -2.47. The Morgan fingerprint density at radius 2 is 1.89 bits per heavy atom. The summed E-state index contributed by atoms with van der Waals surface area (Å²) < 4.78 is 26.3. The second-order valence-electron chi connectivity index (χ2n) is 4.51. The van der Waals surface area contributed by atoms with Crippen LogP contribution in [-0.4, -0.2) is 63.4 Å². The van der Waals surface area contributed by atoms with Crippen molar-refractivity contribution >= 4 is 23.0 Å². The molecule has 98 valence electrons. The summed E-state index contributed by atoms with van der Waals surface area (Å²) in [7, 11) is -1.59. The molecule has 0 aliphatic carbocycles. The van der Waals surface area contributed by atoms with E-state index in [1.54, 1.807) is 18.2 Å². The summed E-state index contributed by atoms with van der Waals surface area (Å²) in [5, 5.41) is 9.06. The van der Waals surface area contributed by atoms with Crippen LogP contribution in [0, 0.1) is 0 Å². The number of rotatable bonds is 3. The molecule has 0 aromatic heterocycles. The van der Waals surface area contributed by atoms with Crippen molar-refractivity contribution in [2.24, 2.45) is 0 Å². The Labute approximate surface area is 108 Å². The molecule has 1 heterocycles. The number of benzene rings is 1. The highest BCUT2D eigenvalue weighted by Gasteiger charge is 2.27. The average molecular weight is 268 g/mol. The number of likely N-dealkylation sites (N-methyl/N-ethyl adjacent to an activating group) is 1. The third kappa shape index (κ3) is 2.75. The molecule has 1 aromatic carbocycles. The van der Waals surface area contributed by atoms with Gasteiger partial charge in [0.1, 0.15) is 0 Å². The van der Waals surface area contributed by atoms with E-state index < -0.39 is 10.0 Å². The van der Waals surface area contributed by atoms with E-state index in [-0.39, 0.29) is 12.4 Å². The lowest BCUT2D eigenvalue weighted by Gasteiger charge is -2.31. The summed E-state index contributed by atoms with van der Waals surface area (Å²) in [5.41, 5.74) is 0.616. The maximum atomic E-state index is 12.4. The van der Waals surface area contributed by atoms with E-state index in [0.29, 0.717) is 18.6 Å². The highest BCUT2D eigenvalue weighted by molar-refractivity contribution is 7.89. The molecule has 0 saturated carbocycles. The van der Waals surface area contributed by atoms with Gasteiger partial charge in [-0.25, -0.2) is 8.42 Å². The highest BCUT2D eigenvalue weighted by Crippen LogP contribution is 2.15. The SMILES string of the molecule is CN1CCN(S(=O)(=O)c2cccc(BO)c2)CC1. The van der Waals surface area contributed by atoms with Crippen LogP contribution in [0.1, 0.15) is 0 Å². The predicted octanol–water partition coefficient (Wildman–Crippen LogP) is -1.41. The molecular formula is C11H17BN2O3S. The molecule has 0 bridgehead atoms. The first-order valence-electron chi connectivity index (χ1n) is 5.92. The van der Waals surface area contributed by atoms with E-state index in [4.69, 9.17) is 5.02 Å². The zero-order valence-corrected chi connectivity index (χ0v) is 11.2. The molecule has 1 saturated heterocycles. The Hall–Kier alpha value is -0.885. The Morgan fingerprint density at radius 3 is 2.50 bits per heavy atom. The standard InChI is InChI=1S/C11H17BN2O3S/c1-13-5-7-14(8-6-13)18(16,17)11-4-2-3-10(9-11)12-15/h2-4,9,12,15H,5-8H2,1H3. The van der Waals surface area contributed by atoms with Gasteiger partial charge in [0.25, 0.3) is 0 Å². The molecule has 0 atom stereocenters. The van der Waals surface area contributed by atoms with Crippen LogP contribution in [-0.2, 0) is 10.0 Å². The maximum Gasteiger partial charge on any atom is 0.304 e. The van der Waals surface area contributed by atoms with Gasteiger partial charge < -0.3 is 9.92 Å². The van der Waals surface area contributed by atoms with E-state index in [9.17, 15) is 8.42 Å². The first-order chi connectivity index (χ1) is 8.54. The zero-order chi connectivity index (χ0) is 13.2. The van der Waals surface area contributed by atoms with E-state index >= 15 is 0 Å². The van der Waals surface area contributed by atoms with Crippen LogP contribution >= 0.6 is 0 Å². The van der Waals surface area contributed by atoms with E-state index in [2.05, 4.69) is 4.90 Å². The van der Waals surface area contributed by atoms with Gasteiger partial charge >= 0.3 is 7.48 Å². The number of sulfonamides is 1. The van der Waals surface area contributed by atoms with Crippen molar-refractivity contribution in [2.45, 2.75) is 4.90 Å². The minimum Gasteiger partial charge on any atom is -0.449 e. The van der Waals surface area contributed by atoms with Gasteiger partial charge in [0.05, 0.1) is 4.90 Å². The third-order valence-corrected chi connectivity index (χ3v) is 5.08. The molecule has 0 radical (unpaired) electrons. The van der Waals surface area contributed by atoms with Gasteiger partial charge in [-0.2, -0.15) is 4.31 Å².